The van der Waals surface area contributed by atoms with Gasteiger partial charge in [0.2, 0.25) is 0 Å². The first-order valence-electron chi connectivity index (χ1n) is 6.30. The highest BCUT2D eigenvalue weighted by Gasteiger charge is 2.29. The Kier molecular flexibility index (Phi) is 4.12. The summed E-state index contributed by atoms with van der Waals surface area (Å²) in [6, 6.07) is 0. The van der Waals surface area contributed by atoms with Gasteiger partial charge in [-0.1, -0.05) is 20.8 Å². The van der Waals surface area contributed by atoms with Crippen LogP contribution < -0.4 is 5.73 Å². The predicted molar refractivity (Wildman–Crippen MR) is 75.0 cm³/mol. The zero-order valence-corrected chi connectivity index (χ0v) is 12.3. The molecule has 0 atom stereocenters. The Labute approximate surface area is 114 Å². The maximum Gasteiger partial charge on any atom is 0.407 e. The van der Waals surface area contributed by atoms with Crippen LogP contribution in [0.15, 0.2) is 12.4 Å². The molecule has 0 aliphatic carbocycles. The second-order valence-corrected chi connectivity index (χ2v) is 6.73. The van der Waals surface area contributed by atoms with Crippen LogP contribution in [-0.4, -0.2) is 39.0 Å². The summed E-state index contributed by atoms with van der Waals surface area (Å²) in [5.41, 5.74) is 5.70. The molecule has 1 amide bonds. The zero-order valence-electron chi connectivity index (χ0n) is 12.3. The van der Waals surface area contributed by atoms with Gasteiger partial charge in [-0.25, -0.2) is 4.79 Å². The second-order valence-electron chi connectivity index (χ2n) is 6.73. The van der Waals surface area contributed by atoms with E-state index in [-0.39, 0.29) is 5.41 Å². The van der Waals surface area contributed by atoms with Gasteiger partial charge in [-0.15, -0.1) is 0 Å². The third-order valence-electron chi connectivity index (χ3n) is 2.74. The smallest absolute Gasteiger partial charge is 0.407 e. The average Bonchev–Trinajstić information content (AvgIpc) is 2.61. The molecular formula is C13H24N4O2. The summed E-state index contributed by atoms with van der Waals surface area (Å²) in [6.45, 7) is 10.8. The van der Waals surface area contributed by atoms with Gasteiger partial charge in [0.1, 0.15) is 0 Å². The van der Waals surface area contributed by atoms with Crippen molar-refractivity contribution in [1.82, 2.24) is 14.7 Å². The van der Waals surface area contributed by atoms with E-state index >= 15 is 0 Å². The molecule has 108 valence electrons. The molecule has 6 nitrogen and oxygen atoms in total. The number of anilines is 1. The summed E-state index contributed by atoms with van der Waals surface area (Å²) < 4.78 is 1.71. The monoisotopic (exact) mass is 268 g/mol. The van der Waals surface area contributed by atoms with E-state index in [1.165, 1.54) is 4.90 Å². The van der Waals surface area contributed by atoms with Gasteiger partial charge in [0, 0.05) is 19.3 Å². The zero-order chi connectivity index (χ0) is 14.8. The number of carboxylic acid groups (broad SMARTS) is 1. The topological polar surface area (TPSA) is 84.4 Å². The highest BCUT2D eigenvalue weighted by Crippen LogP contribution is 2.21. The van der Waals surface area contributed by atoms with E-state index in [4.69, 9.17) is 5.73 Å². The largest absolute Gasteiger partial charge is 0.465 e. The van der Waals surface area contributed by atoms with Crippen molar-refractivity contribution in [2.75, 3.05) is 18.8 Å². The fourth-order valence-corrected chi connectivity index (χ4v) is 1.97. The van der Waals surface area contributed by atoms with Crippen LogP contribution >= 0.6 is 0 Å². The van der Waals surface area contributed by atoms with Gasteiger partial charge in [-0.2, -0.15) is 5.10 Å². The Morgan fingerprint density at radius 3 is 2.32 bits per heavy atom. The van der Waals surface area contributed by atoms with Crippen LogP contribution in [0.1, 0.15) is 34.6 Å². The maximum absolute atomic E-state index is 11.4. The molecule has 0 fully saturated rings. The number of amides is 1. The molecule has 1 rings (SSSR count). The Morgan fingerprint density at radius 1 is 1.37 bits per heavy atom. The molecule has 0 unspecified atom stereocenters. The summed E-state index contributed by atoms with van der Waals surface area (Å²) in [7, 11) is 0. The van der Waals surface area contributed by atoms with Crippen molar-refractivity contribution in [1.29, 1.82) is 0 Å². The molecule has 6 heteroatoms. The summed E-state index contributed by atoms with van der Waals surface area (Å²) in [5.74, 6) is 0. The van der Waals surface area contributed by atoms with E-state index < -0.39 is 11.6 Å². The van der Waals surface area contributed by atoms with E-state index in [1.54, 1.807) is 17.1 Å². The highest BCUT2D eigenvalue weighted by atomic mass is 16.4. The van der Waals surface area contributed by atoms with Crippen molar-refractivity contribution < 1.29 is 9.90 Å². The quantitative estimate of drug-likeness (QED) is 0.877. The molecule has 1 heterocycles. The van der Waals surface area contributed by atoms with Crippen LogP contribution in [-0.2, 0) is 5.54 Å². The Balaban J connectivity index is 2.86. The van der Waals surface area contributed by atoms with Gasteiger partial charge < -0.3 is 15.7 Å². The third-order valence-corrected chi connectivity index (χ3v) is 2.74. The molecule has 0 bridgehead atoms. The van der Waals surface area contributed by atoms with Gasteiger partial charge in [0.05, 0.1) is 17.4 Å². The fourth-order valence-electron chi connectivity index (χ4n) is 1.97. The lowest BCUT2D eigenvalue weighted by molar-refractivity contribution is 0.100. The molecule has 0 saturated carbocycles. The molecule has 0 aliphatic rings. The molecule has 1 aromatic heterocycles. The number of hydrogen-bond acceptors (Lipinski definition) is 3. The predicted octanol–water partition coefficient (Wildman–Crippen LogP) is 2.23. The van der Waals surface area contributed by atoms with Crippen LogP contribution in [0.2, 0.25) is 0 Å². The first-order chi connectivity index (χ1) is 8.51. The average molecular weight is 268 g/mol. The van der Waals surface area contributed by atoms with Gasteiger partial charge in [0.15, 0.2) is 0 Å². The van der Waals surface area contributed by atoms with Crippen LogP contribution in [0.5, 0.6) is 0 Å². The van der Waals surface area contributed by atoms with Crippen molar-refractivity contribution in [2.24, 2.45) is 5.41 Å². The Morgan fingerprint density at radius 2 is 1.95 bits per heavy atom. The molecule has 0 radical (unpaired) electrons. The SMILES string of the molecule is CC(C)(C)CN(CC(C)(C)n1cc(N)cn1)C(=O)O. The number of rotatable bonds is 4. The van der Waals surface area contributed by atoms with E-state index in [1.807, 2.05) is 34.6 Å². The lowest BCUT2D eigenvalue weighted by Gasteiger charge is -2.34. The van der Waals surface area contributed by atoms with E-state index in [0.717, 1.165) is 0 Å². The van der Waals surface area contributed by atoms with Crippen LogP contribution in [0.3, 0.4) is 0 Å². The van der Waals surface area contributed by atoms with E-state index in [9.17, 15) is 9.90 Å². The molecule has 3 N–H and O–H groups in total. The number of nitrogen functional groups attached to an aromatic ring is 1. The number of carbonyl (C=O) groups is 1. The number of aromatic nitrogens is 2. The van der Waals surface area contributed by atoms with Gasteiger partial charge in [0.25, 0.3) is 0 Å². The summed E-state index contributed by atoms with van der Waals surface area (Å²) in [4.78, 5) is 12.8. The molecule has 0 aromatic carbocycles. The molecule has 19 heavy (non-hydrogen) atoms. The maximum atomic E-state index is 11.4. The van der Waals surface area contributed by atoms with Crippen molar-refractivity contribution in [2.45, 2.75) is 40.2 Å². The standard InChI is InChI=1S/C13H24N4O2/c1-12(2,3)8-16(11(18)19)9-13(4,5)17-7-10(14)6-15-17/h6-7H,8-9,14H2,1-5H3,(H,18,19). The van der Waals surface area contributed by atoms with Gasteiger partial charge in [-0.05, 0) is 19.3 Å². The first kappa shape index (κ1) is 15.3. The van der Waals surface area contributed by atoms with E-state index in [2.05, 4.69) is 5.10 Å². The second kappa shape index (κ2) is 5.11. The molecular weight excluding hydrogens is 244 g/mol. The normalized spacial score (nSPS) is 12.5. The minimum absolute atomic E-state index is 0.0857. The van der Waals surface area contributed by atoms with E-state index in [0.29, 0.717) is 18.8 Å². The van der Waals surface area contributed by atoms with Crippen LogP contribution in [0, 0.1) is 5.41 Å². The minimum atomic E-state index is -0.914. The fraction of sp³-hybridized carbons (Fsp3) is 0.692. The summed E-state index contributed by atoms with van der Waals surface area (Å²) in [6.07, 6.45) is 2.37. The van der Waals surface area contributed by atoms with Crippen molar-refractivity contribution >= 4 is 11.8 Å². The minimum Gasteiger partial charge on any atom is -0.465 e. The molecule has 0 spiro atoms. The molecule has 1 aromatic rings. The van der Waals surface area contributed by atoms with Crippen molar-refractivity contribution in [3.05, 3.63) is 12.4 Å². The highest BCUT2D eigenvalue weighted by molar-refractivity contribution is 5.65. The summed E-state index contributed by atoms with van der Waals surface area (Å²) >= 11 is 0. The van der Waals surface area contributed by atoms with Crippen LogP contribution in [0.25, 0.3) is 0 Å². The molecule has 0 aliphatic heterocycles. The van der Waals surface area contributed by atoms with Gasteiger partial charge >= 0.3 is 6.09 Å². The number of nitrogens with zero attached hydrogens (tertiary/aromatic N) is 3. The number of nitrogens with two attached hydrogens (primary N) is 1. The lowest BCUT2D eigenvalue weighted by Crippen LogP contribution is -2.46. The number of hydrogen-bond donors (Lipinski definition) is 2. The summed E-state index contributed by atoms with van der Waals surface area (Å²) in [5, 5.41) is 13.5. The van der Waals surface area contributed by atoms with Gasteiger partial charge in [-0.3, -0.25) is 4.68 Å². The Hall–Kier alpha value is -1.72. The van der Waals surface area contributed by atoms with Crippen molar-refractivity contribution in [3.63, 3.8) is 0 Å². The lowest BCUT2D eigenvalue weighted by atomic mass is 9.95. The van der Waals surface area contributed by atoms with Crippen LogP contribution in [0.4, 0.5) is 10.5 Å². The molecule has 0 saturated heterocycles. The third kappa shape index (κ3) is 4.46. The Bertz CT molecular complexity index is 446. The van der Waals surface area contributed by atoms with Crippen molar-refractivity contribution in [3.8, 4) is 0 Å². The first-order valence-corrected chi connectivity index (χ1v) is 6.30.